The Labute approximate surface area is 111 Å². The van der Waals surface area contributed by atoms with E-state index in [2.05, 4.69) is 4.98 Å². The Balaban J connectivity index is 1.97. The molecule has 1 fully saturated rings. The van der Waals surface area contributed by atoms with E-state index in [1.54, 1.807) is 18.3 Å². The van der Waals surface area contributed by atoms with Crippen LogP contribution in [0, 0.1) is 0 Å². The molecule has 0 bridgehead atoms. The third kappa shape index (κ3) is 3.48. The summed E-state index contributed by atoms with van der Waals surface area (Å²) in [7, 11) is 0. The van der Waals surface area contributed by atoms with Gasteiger partial charge in [-0.15, -0.1) is 0 Å². The molecule has 1 saturated heterocycles. The maximum atomic E-state index is 13.1. The number of β-amino-alcohol motifs (C(OH)–C–C–N with tert-alkyl or cyclic N) is 1. The molecule has 104 valence electrons. The number of carbonyl (C=O) groups excluding carboxylic acids is 1. The van der Waals surface area contributed by atoms with Crippen molar-refractivity contribution in [3.8, 4) is 0 Å². The summed E-state index contributed by atoms with van der Waals surface area (Å²) in [6.07, 6.45) is -0.271. The van der Waals surface area contributed by atoms with Gasteiger partial charge in [0.2, 0.25) is 5.91 Å². The molecule has 19 heavy (non-hydrogen) atoms. The summed E-state index contributed by atoms with van der Waals surface area (Å²) in [6.45, 7) is 0.745. The number of aromatic nitrogens is 1. The molecular formula is C13H18FN3O2. The van der Waals surface area contributed by atoms with Crippen LogP contribution < -0.4 is 5.73 Å². The van der Waals surface area contributed by atoms with Crippen LogP contribution in [0.2, 0.25) is 0 Å². The minimum absolute atomic E-state index is 0.0643. The minimum atomic E-state index is -1.23. The Kier molecular flexibility index (Phi) is 4.44. The second-order valence-electron chi connectivity index (χ2n) is 4.75. The van der Waals surface area contributed by atoms with Crippen molar-refractivity contribution in [3.05, 3.63) is 29.6 Å². The SMILES string of the molecule is NCc1cc(CC(=O)N2CC[C@@H](F)[C@H](O)C2)ccn1. The Morgan fingerprint density at radius 1 is 1.63 bits per heavy atom. The molecule has 0 unspecified atom stereocenters. The highest BCUT2D eigenvalue weighted by Gasteiger charge is 2.29. The largest absolute Gasteiger partial charge is 0.388 e. The summed E-state index contributed by atoms with van der Waals surface area (Å²) < 4.78 is 13.1. The van der Waals surface area contributed by atoms with Crippen LogP contribution in [0.5, 0.6) is 0 Å². The number of pyridine rings is 1. The molecule has 0 aliphatic carbocycles. The number of hydrogen-bond acceptors (Lipinski definition) is 4. The maximum Gasteiger partial charge on any atom is 0.227 e. The van der Waals surface area contributed by atoms with Gasteiger partial charge < -0.3 is 15.7 Å². The first-order valence-corrected chi connectivity index (χ1v) is 6.34. The number of hydrogen-bond donors (Lipinski definition) is 2. The third-order valence-corrected chi connectivity index (χ3v) is 3.30. The molecule has 1 amide bonds. The Bertz CT molecular complexity index is 455. The molecule has 2 rings (SSSR count). The van der Waals surface area contributed by atoms with Crippen molar-refractivity contribution in [1.82, 2.24) is 9.88 Å². The minimum Gasteiger partial charge on any atom is -0.388 e. The molecular weight excluding hydrogens is 249 g/mol. The lowest BCUT2D eigenvalue weighted by Crippen LogP contribution is -2.48. The second-order valence-corrected chi connectivity index (χ2v) is 4.75. The molecule has 0 aromatic carbocycles. The van der Waals surface area contributed by atoms with E-state index >= 15 is 0 Å². The first-order valence-electron chi connectivity index (χ1n) is 6.34. The number of aliphatic hydroxyl groups is 1. The highest BCUT2D eigenvalue weighted by atomic mass is 19.1. The van der Waals surface area contributed by atoms with Gasteiger partial charge in [-0.1, -0.05) is 0 Å². The highest BCUT2D eigenvalue weighted by Crippen LogP contribution is 2.15. The molecule has 6 heteroatoms. The number of rotatable bonds is 3. The van der Waals surface area contributed by atoms with Gasteiger partial charge in [-0.25, -0.2) is 4.39 Å². The number of aliphatic hydroxyl groups excluding tert-OH is 1. The first kappa shape index (κ1) is 13.9. The van der Waals surface area contributed by atoms with Crippen LogP contribution in [0.1, 0.15) is 17.7 Å². The van der Waals surface area contributed by atoms with Crippen LogP contribution in [0.3, 0.4) is 0 Å². The lowest BCUT2D eigenvalue weighted by atomic mass is 10.0. The average molecular weight is 267 g/mol. The first-order chi connectivity index (χ1) is 9.10. The Morgan fingerprint density at radius 3 is 3.11 bits per heavy atom. The molecule has 0 spiro atoms. The van der Waals surface area contributed by atoms with Gasteiger partial charge >= 0.3 is 0 Å². The molecule has 0 radical (unpaired) electrons. The van der Waals surface area contributed by atoms with Crippen molar-refractivity contribution >= 4 is 5.91 Å². The second kappa shape index (κ2) is 6.08. The third-order valence-electron chi connectivity index (χ3n) is 3.30. The quantitative estimate of drug-likeness (QED) is 0.809. The van der Waals surface area contributed by atoms with Crippen molar-refractivity contribution in [2.24, 2.45) is 5.73 Å². The van der Waals surface area contributed by atoms with Crippen molar-refractivity contribution in [1.29, 1.82) is 0 Å². The van der Waals surface area contributed by atoms with Crippen molar-refractivity contribution < 1.29 is 14.3 Å². The number of likely N-dealkylation sites (tertiary alicyclic amines) is 1. The van der Waals surface area contributed by atoms with Gasteiger partial charge in [0, 0.05) is 25.8 Å². The van der Waals surface area contributed by atoms with Gasteiger partial charge in [0.1, 0.15) is 12.3 Å². The molecule has 5 nitrogen and oxygen atoms in total. The zero-order chi connectivity index (χ0) is 13.8. The lowest BCUT2D eigenvalue weighted by molar-refractivity contribution is -0.135. The van der Waals surface area contributed by atoms with Crippen LogP contribution >= 0.6 is 0 Å². The molecule has 1 aromatic heterocycles. The van der Waals surface area contributed by atoms with E-state index in [4.69, 9.17) is 5.73 Å². The molecule has 1 aliphatic heterocycles. The number of nitrogens with two attached hydrogens (primary N) is 1. The van der Waals surface area contributed by atoms with Crippen LogP contribution in [0.4, 0.5) is 4.39 Å². The van der Waals surface area contributed by atoms with Gasteiger partial charge in [0.25, 0.3) is 0 Å². The topological polar surface area (TPSA) is 79.5 Å². The summed E-state index contributed by atoms with van der Waals surface area (Å²) in [6, 6.07) is 3.55. The smallest absolute Gasteiger partial charge is 0.227 e. The van der Waals surface area contributed by atoms with Crippen molar-refractivity contribution in [3.63, 3.8) is 0 Å². The van der Waals surface area contributed by atoms with Crippen LogP contribution in [-0.2, 0) is 17.8 Å². The van der Waals surface area contributed by atoms with E-state index < -0.39 is 12.3 Å². The van der Waals surface area contributed by atoms with Gasteiger partial charge in [0.05, 0.1) is 12.1 Å². The fourth-order valence-electron chi connectivity index (χ4n) is 2.17. The summed E-state index contributed by atoms with van der Waals surface area (Å²) in [5.41, 5.74) is 7.05. The van der Waals surface area contributed by atoms with Gasteiger partial charge in [-0.05, 0) is 24.1 Å². The van der Waals surface area contributed by atoms with Crippen LogP contribution in [-0.4, -0.2) is 46.3 Å². The Hall–Kier alpha value is -1.53. The van der Waals surface area contributed by atoms with E-state index in [0.29, 0.717) is 13.1 Å². The molecule has 1 aromatic rings. The average Bonchev–Trinajstić information content (AvgIpc) is 2.42. The van der Waals surface area contributed by atoms with Crippen LogP contribution in [0.25, 0.3) is 0 Å². The van der Waals surface area contributed by atoms with Gasteiger partial charge in [-0.3, -0.25) is 9.78 Å². The summed E-state index contributed by atoms with van der Waals surface area (Å²) in [5, 5.41) is 9.45. The molecule has 2 heterocycles. The normalized spacial score (nSPS) is 23.4. The molecule has 1 aliphatic rings. The predicted octanol–water partition coefficient (Wildman–Crippen LogP) is 0.0141. The van der Waals surface area contributed by atoms with Crippen molar-refractivity contribution in [2.45, 2.75) is 31.7 Å². The zero-order valence-corrected chi connectivity index (χ0v) is 10.6. The van der Waals surface area contributed by atoms with E-state index in [0.717, 1.165) is 11.3 Å². The summed E-state index contributed by atoms with van der Waals surface area (Å²) >= 11 is 0. The zero-order valence-electron chi connectivity index (χ0n) is 10.6. The Morgan fingerprint density at radius 2 is 2.42 bits per heavy atom. The molecule has 3 N–H and O–H groups in total. The fraction of sp³-hybridized carbons (Fsp3) is 0.538. The maximum absolute atomic E-state index is 13.1. The monoisotopic (exact) mass is 267 g/mol. The number of piperidine rings is 1. The van der Waals surface area contributed by atoms with Crippen molar-refractivity contribution in [2.75, 3.05) is 13.1 Å². The summed E-state index contributed by atoms with van der Waals surface area (Å²) in [5.74, 6) is -0.111. The standard InChI is InChI=1S/C13H18FN3O2/c14-11-2-4-17(8-12(11)18)13(19)6-9-1-3-16-10(5-9)7-15/h1,3,5,11-12,18H,2,4,6-8,15H2/t11-,12-/m1/s1. The van der Waals surface area contributed by atoms with E-state index in [1.807, 2.05) is 0 Å². The van der Waals surface area contributed by atoms with Crippen LogP contribution in [0.15, 0.2) is 18.3 Å². The molecule has 0 saturated carbocycles. The number of halogens is 1. The van der Waals surface area contributed by atoms with Gasteiger partial charge in [-0.2, -0.15) is 0 Å². The lowest BCUT2D eigenvalue weighted by Gasteiger charge is -2.32. The highest BCUT2D eigenvalue weighted by molar-refractivity contribution is 5.78. The number of carbonyl (C=O) groups is 1. The number of amides is 1. The fourth-order valence-corrected chi connectivity index (χ4v) is 2.17. The van der Waals surface area contributed by atoms with E-state index in [9.17, 15) is 14.3 Å². The van der Waals surface area contributed by atoms with Gasteiger partial charge in [0.15, 0.2) is 0 Å². The van der Waals surface area contributed by atoms with E-state index in [1.165, 1.54) is 4.90 Å². The molecule has 2 atom stereocenters. The predicted molar refractivity (Wildman–Crippen MR) is 67.9 cm³/mol. The number of nitrogens with zero attached hydrogens (tertiary/aromatic N) is 2. The summed E-state index contributed by atoms with van der Waals surface area (Å²) in [4.78, 5) is 17.6. The number of alkyl halides is 1. The van der Waals surface area contributed by atoms with E-state index in [-0.39, 0.29) is 25.3 Å².